The van der Waals surface area contributed by atoms with Crippen molar-refractivity contribution >= 4 is 11.8 Å². The summed E-state index contributed by atoms with van der Waals surface area (Å²) < 4.78 is 0. The van der Waals surface area contributed by atoms with E-state index in [1.807, 2.05) is 6.92 Å². The van der Waals surface area contributed by atoms with Gasteiger partial charge in [-0.1, -0.05) is 26.3 Å². The quantitative estimate of drug-likeness (QED) is 0.819. The van der Waals surface area contributed by atoms with Gasteiger partial charge in [-0.2, -0.15) is 0 Å². The molecule has 0 saturated heterocycles. The van der Waals surface area contributed by atoms with Gasteiger partial charge in [-0.15, -0.1) is 0 Å². The van der Waals surface area contributed by atoms with Crippen LogP contribution in [0, 0.1) is 29.6 Å². The highest BCUT2D eigenvalue weighted by molar-refractivity contribution is 5.95. The Morgan fingerprint density at radius 1 is 1.44 bits per heavy atom. The van der Waals surface area contributed by atoms with Crippen LogP contribution in [0.15, 0.2) is 11.6 Å². The van der Waals surface area contributed by atoms with E-state index in [1.165, 1.54) is 0 Å². The Balaban J connectivity index is 2.29. The maximum Gasteiger partial charge on any atom is 0.306 e. The van der Waals surface area contributed by atoms with Gasteiger partial charge in [0.05, 0.1) is 5.92 Å². The first kappa shape index (κ1) is 13.3. The van der Waals surface area contributed by atoms with Crippen molar-refractivity contribution in [2.24, 2.45) is 29.6 Å². The van der Waals surface area contributed by atoms with Crippen LogP contribution in [0.4, 0.5) is 0 Å². The number of carboxylic acids is 1. The molecule has 2 rings (SSSR count). The van der Waals surface area contributed by atoms with Gasteiger partial charge in [0.15, 0.2) is 5.78 Å². The summed E-state index contributed by atoms with van der Waals surface area (Å²) in [7, 11) is 0. The second-order valence-electron chi connectivity index (χ2n) is 6.06. The monoisotopic (exact) mass is 250 g/mol. The van der Waals surface area contributed by atoms with Gasteiger partial charge in [-0.3, -0.25) is 9.59 Å². The number of allylic oxidation sites excluding steroid dienone is 2. The van der Waals surface area contributed by atoms with E-state index in [9.17, 15) is 14.7 Å². The van der Waals surface area contributed by atoms with Gasteiger partial charge in [-0.25, -0.2) is 0 Å². The maximum atomic E-state index is 11.8. The molecular formula is C15H22O3. The Hall–Kier alpha value is -1.12. The molecule has 0 aliphatic heterocycles. The summed E-state index contributed by atoms with van der Waals surface area (Å²) in [4.78, 5) is 23.0. The molecule has 0 spiro atoms. The minimum Gasteiger partial charge on any atom is -0.481 e. The van der Waals surface area contributed by atoms with Gasteiger partial charge in [0.1, 0.15) is 0 Å². The predicted octanol–water partition coefficient (Wildman–Crippen LogP) is 2.90. The molecule has 0 radical (unpaired) electrons. The van der Waals surface area contributed by atoms with E-state index in [2.05, 4.69) is 13.0 Å². The second-order valence-corrected chi connectivity index (χ2v) is 6.06. The molecule has 0 unspecified atom stereocenters. The van der Waals surface area contributed by atoms with E-state index < -0.39 is 5.97 Å². The molecule has 18 heavy (non-hydrogen) atoms. The van der Waals surface area contributed by atoms with E-state index in [0.717, 1.165) is 18.4 Å². The summed E-state index contributed by atoms with van der Waals surface area (Å²) >= 11 is 0. The van der Waals surface area contributed by atoms with Crippen LogP contribution in [-0.2, 0) is 9.59 Å². The first-order chi connectivity index (χ1) is 8.41. The van der Waals surface area contributed by atoms with E-state index >= 15 is 0 Å². The fourth-order valence-electron chi connectivity index (χ4n) is 3.67. The number of hydrogen-bond acceptors (Lipinski definition) is 2. The minimum atomic E-state index is -0.712. The zero-order chi connectivity index (χ0) is 13.4. The van der Waals surface area contributed by atoms with Crippen LogP contribution in [0.25, 0.3) is 0 Å². The molecule has 0 aromatic carbocycles. The minimum absolute atomic E-state index is 0.187. The predicted molar refractivity (Wildman–Crippen MR) is 69.0 cm³/mol. The average Bonchev–Trinajstić information content (AvgIpc) is 2.31. The van der Waals surface area contributed by atoms with E-state index in [1.54, 1.807) is 6.92 Å². The molecule has 0 bridgehead atoms. The lowest BCUT2D eigenvalue weighted by Crippen LogP contribution is -2.41. The van der Waals surface area contributed by atoms with Gasteiger partial charge in [0.2, 0.25) is 0 Å². The second kappa shape index (κ2) is 4.87. The van der Waals surface area contributed by atoms with Crippen molar-refractivity contribution in [1.29, 1.82) is 0 Å². The van der Waals surface area contributed by atoms with Crippen LogP contribution >= 0.6 is 0 Å². The summed E-state index contributed by atoms with van der Waals surface area (Å²) in [5.41, 5.74) is 0.827. The third-order valence-corrected chi connectivity index (χ3v) is 5.01. The molecule has 0 heterocycles. The largest absolute Gasteiger partial charge is 0.481 e. The van der Waals surface area contributed by atoms with Crippen molar-refractivity contribution in [3.8, 4) is 0 Å². The van der Waals surface area contributed by atoms with Crippen molar-refractivity contribution in [2.75, 3.05) is 0 Å². The molecule has 3 heteroatoms. The molecule has 2 aliphatic rings. The zero-order valence-corrected chi connectivity index (χ0v) is 11.3. The summed E-state index contributed by atoms with van der Waals surface area (Å²) in [6.45, 7) is 5.86. The molecule has 5 atom stereocenters. The number of Topliss-reactive ketones (excluding diaryl/α,β-unsaturated/α-hetero) is 1. The maximum absolute atomic E-state index is 11.8. The van der Waals surface area contributed by atoms with E-state index in [0.29, 0.717) is 18.3 Å². The molecule has 1 N–H and O–H groups in total. The average molecular weight is 250 g/mol. The van der Waals surface area contributed by atoms with E-state index in [-0.39, 0.29) is 23.5 Å². The highest BCUT2D eigenvalue weighted by atomic mass is 16.4. The summed E-state index contributed by atoms with van der Waals surface area (Å²) in [6.07, 6.45) is 4.67. The summed E-state index contributed by atoms with van der Waals surface area (Å²) in [5, 5.41) is 9.22. The fraction of sp³-hybridized carbons (Fsp3) is 0.733. The van der Waals surface area contributed by atoms with Crippen molar-refractivity contribution < 1.29 is 14.7 Å². The number of carbonyl (C=O) groups is 2. The van der Waals surface area contributed by atoms with Gasteiger partial charge in [0.25, 0.3) is 0 Å². The number of carboxylic acid groups (broad SMARTS) is 1. The van der Waals surface area contributed by atoms with Crippen molar-refractivity contribution in [3.05, 3.63) is 11.6 Å². The molecule has 3 nitrogen and oxygen atoms in total. The first-order valence-corrected chi connectivity index (χ1v) is 6.86. The molecule has 2 aliphatic carbocycles. The van der Waals surface area contributed by atoms with Crippen LogP contribution in [0.3, 0.4) is 0 Å². The number of aliphatic carboxylic acids is 1. The Bertz CT molecular complexity index is 397. The van der Waals surface area contributed by atoms with Crippen LogP contribution in [0.5, 0.6) is 0 Å². The summed E-state index contributed by atoms with van der Waals surface area (Å²) in [5.74, 6) is 0.553. The molecule has 1 saturated carbocycles. The summed E-state index contributed by atoms with van der Waals surface area (Å²) in [6, 6.07) is 0. The third kappa shape index (κ3) is 2.23. The highest BCUT2D eigenvalue weighted by Crippen LogP contribution is 2.47. The number of fused-ring (bicyclic) bond motifs is 1. The smallest absolute Gasteiger partial charge is 0.306 e. The molecule has 0 aromatic heterocycles. The molecule has 100 valence electrons. The molecular weight excluding hydrogens is 228 g/mol. The lowest BCUT2D eigenvalue weighted by molar-refractivity contribution is -0.144. The van der Waals surface area contributed by atoms with Gasteiger partial charge in [0, 0.05) is 6.42 Å². The third-order valence-electron chi connectivity index (χ3n) is 5.01. The lowest BCUT2D eigenvalue weighted by atomic mass is 9.60. The molecule has 0 amide bonds. The fourth-order valence-corrected chi connectivity index (χ4v) is 3.67. The molecule has 1 fully saturated rings. The van der Waals surface area contributed by atoms with Crippen molar-refractivity contribution in [3.63, 3.8) is 0 Å². The highest BCUT2D eigenvalue weighted by Gasteiger charge is 2.43. The van der Waals surface area contributed by atoms with Crippen LogP contribution in [0.1, 0.15) is 40.0 Å². The number of carbonyl (C=O) groups excluding carboxylic acids is 1. The Morgan fingerprint density at radius 2 is 2.11 bits per heavy atom. The lowest BCUT2D eigenvalue weighted by Gasteiger charge is -2.44. The number of hydrogen-bond donors (Lipinski definition) is 1. The van der Waals surface area contributed by atoms with Gasteiger partial charge < -0.3 is 5.11 Å². The number of ketones is 1. The van der Waals surface area contributed by atoms with E-state index in [4.69, 9.17) is 0 Å². The topological polar surface area (TPSA) is 54.4 Å². The standard InChI is InChI=1S/C15H22O3/c1-8-4-5-11(10(3)15(17)18)13-6-9(2)14(16)7-12(8)13/h6,8,10-13H,4-5,7H2,1-3H3,(H,17,18)/t8-,10-,11+,12+,13-/m1/s1. The molecule has 0 aromatic rings. The zero-order valence-electron chi connectivity index (χ0n) is 11.3. The van der Waals surface area contributed by atoms with Gasteiger partial charge >= 0.3 is 5.97 Å². The Labute approximate surface area is 108 Å². The SMILES string of the molecule is CC1=C[C@H]2[C@@H](CC1=O)[C@H](C)CC[C@H]2[C@@H](C)C(=O)O. The Morgan fingerprint density at radius 3 is 2.72 bits per heavy atom. The normalized spacial score (nSPS) is 37.7. The Kier molecular flexibility index (Phi) is 3.60. The van der Waals surface area contributed by atoms with Crippen LogP contribution in [0.2, 0.25) is 0 Å². The van der Waals surface area contributed by atoms with Crippen LogP contribution in [-0.4, -0.2) is 16.9 Å². The number of rotatable bonds is 2. The first-order valence-electron chi connectivity index (χ1n) is 6.86. The van der Waals surface area contributed by atoms with Gasteiger partial charge in [-0.05, 0) is 42.6 Å². The van der Waals surface area contributed by atoms with Crippen molar-refractivity contribution in [1.82, 2.24) is 0 Å². The van der Waals surface area contributed by atoms with Crippen molar-refractivity contribution in [2.45, 2.75) is 40.0 Å². The van der Waals surface area contributed by atoms with Crippen LogP contribution < -0.4 is 0 Å².